The van der Waals surface area contributed by atoms with Crippen molar-refractivity contribution in [1.82, 2.24) is 5.32 Å². The molecule has 27 heavy (non-hydrogen) atoms. The third-order valence-corrected chi connectivity index (χ3v) is 4.69. The molecule has 0 radical (unpaired) electrons. The van der Waals surface area contributed by atoms with Crippen LogP contribution in [0.3, 0.4) is 0 Å². The topological polar surface area (TPSA) is 50.4 Å². The van der Waals surface area contributed by atoms with Crippen molar-refractivity contribution in [3.8, 4) is 5.75 Å². The number of benzene rings is 2. The van der Waals surface area contributed by atoms with E-state index >= 15 is 0 Å². The summed E-state index contributed by atoms with van der Waals surface area (Å²) in [6, 6.07) is 14.2. The van der Waals surface area contributed by atoms with Gasteiger partial charge in [-0.05, 0) is 47.6 Å². The highest BCUT2D eigenvalue weighted by Crippen LogP contribution is 2.32. The zero-order valence-corrected chi connectivity index (χ0v) is 17.1. The number of hydrogen-bond donors (Lipinski definition) is 2. The van der Waals surface area contributed by atoms with Crippen molar-refractivity contribution >= 4 is 11.6 Å². The van der Waals surface area contributed by atoms with Gasteiger partial charge in [0.15, 0.2) is 0 Å². The zero-order chi connectivity index (χ0) is 19.8. The lowest BCUT2D eigenvalue weighted by Crippen LogP contribution is -2.30. The molecule has 0 spiro atoms. The van der Waals surface area contributed by atoms with Gasteiger partial charge in [-0.15, -0.1) is 0 Å². The monoisotopic (exact) mass is 368 g/mol. The number of carbonyl (C=O) groups is 1. The second-order valence-electron chi connectivity index (χ2n) is 7.41. The zero-order valence-electron chi connectivity index (χ0n) is 17.1. The Kier molecular flexibility index (Phi) is 7.86. The predicted molar refractivity (Wildman–Crippen MR) is 113 cm³/mol. The first-order valence-corrected chi connectivity index (χ1v) is 9.69. The number of amides is 1. The van der Waals surface area contributed by atoms with Crippen molar-refractivity contribution in [3.63, 3.8) is 0 Å². The molecule has 0 saturated heterocycles. The maximum absolute atomic E-state index is 12.5. The highest BCUT2D eigenvalue weighted by molar-refractivity contribution is 5.94. The van der Waals surface area contributed by atoms with Gasteiger partial charge in [-0.2, -0.15) is 0 Å². The van der Waals surface area contributed by atoms with Gasteiger partial charge in [-0.1, -0.05) is 64.1 Å². The molecule has 4 nitrogen and oxygen atoms in total. The van der Waals surface area contributed by atoms with Gasteiger partial charge in [0.1, 0.15) is 5.75 Å². The van der Waals surface area contributed by atoms with Crippen LogP contribution in [0.2, 0.25) is 0 Å². The average molecular weight is 369 g/mol. The first kappa shape index (κ1) is 21.0. The Bertz CT molecular complexity index is 728. The molecule has 1 amide bonds. The second kappa shape index (κ2) is 10.1. The molecule has 0 aliphatic heterocycles. The van der Waals surface area contributed by atoms with Gasteiger partial charge in [-0.3, -0.25) is 4.79 Å². The Morgan fingerprint density at radius 1 is 0.963 bits per heavy atom. The summed E-state index contributed by atoms with van der Waals surface area (Å²) >= 11 is 0. The molecule has 0 fully saturated rings. The molecule has 0 aliphatic rings. The molecule has 0 heterocycles. The first-order chi connectivity index (χ1) is 12.9. The van der Waals surface area contributed by atoms with Crippen LogP contribution in [0.5, 0.6) is 5.75 Å². The average Bonchev–Trinajstić information content (AvgIpc) is 2.65. The smallest absolute Gasteiger partial charge is 0.238 e. The number of hydrogen-bond acceptors (Lipinski definition) is 3. The molecule has 2 N–H and O–H groups in total. The summed E-state index contributed by atoms with van der Waals surface area (Å²) in [4.78, 5) is 12.5. The summed E-state index contributed by atoms with van der Waals surface area (Å²) in [7, 11) is 1.68. The Morgan fingerprint density at radius 2 is 1.59 bits per heavy atom. The molecule has 2 aromatic carbocycles. The van der Waals surface area contributed by atoms with Crippen molar-refractivity contribution < 1.29 is 9.53 Å². The van der Waals surface area contributed by atoms with Crippen LogP contribution in [0, 0.1) is 0 Å². The largest absolute Gasteiger partial charge is 0.496 e. The minimum Gasteiger partial charge on any atom is -0.496 e. The van der Waals surface area contributed by atoms with Crippen molar-refractivity contribution in [1.29, 1.82) is 0 Å². The van der Waals surface area contributed by atoms with Crippen LogP contribution in [0.15, 0.2) is 42.5 Å². The summed E-state index contributed by atoms with van der Waals surface area (Å²) in [5, 5.41) is 6.37. The van der Waals surface area contributed by atoms with Gasteiger partial charge in [0, 0.05) is 5.69 Å². The lowest BCUT2D eigenvalue weighted by molar-refractivity contribution is -0.115. The van der Waals surface area contributed by atoms with E-state index in [9.17, 15) is 4.79 Å². The van der Waals surface area contributed by atoms with Gasteiger partial charge in [0.2, 0.25) is 5.91 Å². The Hall–Kier alpha value is -2.33. The van der Waals surface area contributed by atoms with Crippen molar-refractivity contribution in [2.24, 2.45) is 0 Å². The maximum Gasteiger partial charge on any atom is 0.238 e. The van der Waals surface area contributed by atoms with Crippen LogP contribution < -0.4 is 15.4 Å². The number of carbonyl (C=O) groups excluding carboxylic acids is 1. The van der Waals surface area contributed by atoms with Gasteiger partial charge in [0.05, 0.1) is 13.7 Å². The van der Waals surface area contributed by atoms with E-state index in [4.69, 9.17) is 4.74 Å². The minimum absolute atomic E-state index is 0.00923. The molecule has 146 valence electrons. The van der Waals surface area contributed by atoms with E-state index in [1.807, 2.05) is 24.3 Å². The Balaban J connectivity index is 1.94. The van der Waals surface area contributed by atoms with E-state index in [-0.39, 0.29) is 5.91 Å². The van der Waals surface area contributed by atoms with E-state index < -0.39 is 0 Å². The fraction of sp³-hybridized carbons (Fsp3) is 0.435. The summed E-state index contributed by atoms with van der Waals surface area (Å²) in [6.07, 6.45) is 0.817. The van der Waals surface area contributed by atoms with Crippen LogP contribution in [-0.4, -0.2) is 26.1 Å². The number of nitrogens with one attached hydrogen (secondary N) is 2. The first-order valence-electron chi connectivity index (χ1n) is 9.69. The van der Waals surface area contributed by atoms with Crippen LogP contribution >= 0.6 is 0 Å². The van der Waals surface area contributed by atoms with Crippen LogP contribution in [0.4, 0.5) is 5.69 Å². The molecule has 0 aliphatic carbocycles. The number of rotatable bonds is 9. The molecule has 0 aromatic heterocycles. The maximum atomic E-state index is 12.5. The molecule has 2 aromatic rings. The fourth-order valence-electron chi connectivity index (χ4n) is 3.21. The van der Waals surface area contributed by atoms with Crippen molar-refractivity contribution in [2.45, 2.75) is 46.0 Å². The van der Waals surface area contributed by atoms with Crippen molar-refractivity contribution in [3.05, 3.63) is 59.2 Å². The predicted octanol–water partition coefficient (Wildman–Crippen LogP) is 4.71. The van der Waals surface area contributed by atoms with Crippen LogP contribution in [0.1, 0.15) is 56.2 Å². The third-order valence-electron chi connectivity index (χ3n) is 4.69. The summed E-state index contributed by atoms with van der Waals surface area (Å²) in [5.74, 6) is 1.59. The quantitative estimate of drug-likeness (QED) is 0.630. The summed E-state index contributed by atoms with van der Waals surface area (Å²) in [5.41, 5.74) is 4.48. The number of anilines is 1. The van der Waals surface area contributed by atoms with E-state index in [1.54, 1.807) is 7.11 Å². The molecule has 2 rings (SSSR count). The standard InChI is InChI=1S/C23H32N2O2/c1-16(2)19-10-8-11-20(17(3)4)23(19)25-22(26)15-24-14-13-18-9-6-7-12-21(18)27-5/h6-12,16-17,24H,13-15H2,1-5H3,(H,25,26). The summed E-state index contributed by atoms with van der Waals surface area (Å²) < 4.78 is 5.37. The summed E-state index contributed by atoms with van der Waals surface area (Å²) in [6.45, 7) is 9.62. The number of para-hydroxylation sites is 2. The highest BCUT2D eigenvalue weighted by Gasteiger charge is 2.15. The molecule has 0 atom stereocenters. The molecule has 0 saturated carbocycles. The minimum atomic E-state index is -0.00923. The molecule has 0 bridgehead atoms. The number of ether oxygens (including phenoxy) is 1. The third kappa shape index (κ3) is 5.83. The van der Waals surface area contributed by atoms with Crippen molar-refractivity contribution in [2.75, 3.05) is 25.5 Å². The molecular weight excluding hydrogens is 336 g/mol. The number of methoxy groups -OCH3 is 1. The lowest BCUT2D eigenvalue weighted by Gasteiger charge is -2.20. The van der Waals surface area contributed by atoms with E-state index in [0.717, 1.165) is 30.0 Å². The molecule has 4 heteroatoms. The highest BCUT2D eigenvalue weighted by atomic mass is 16.5. The van der Waals surface area contributed by atoms with Crippen LogP contribution in [0.25, 0.3) is 0 Å². The van der Waals surface area contributed by atoms with Crippen LogP contribution in [-0.2, 0) is 11.2 Å². The van der Waals surface area contributed by atoms with E-state index in [1.165, 1.54) is 11.1 Å². The van der Waals surface area contributed by atoms with Gasteiger partial charge < -0.3 is 15.4 Å². The Labute approximate surface area is 163 Å². The lowest BCUT2D eigenvalue weighted by atomic mass is 9.92. The van der Waals surface area contributed by atoms with E-state index in [0.29, 0.717) is 18.4 Å². The molecular formula is C23H32N2O2. The van der Waals surface area contributed by atoms with Gasteiger partial charge in [-0.25, -0.2) is 0 Å². The normalized spacial score (nSPS) is 11.1. The second-order valence-corrected chi connectivity index (χ2v) is 7.41. The molecule has 0 unspecified atom stereocenters. The fourth-order valence-corrected chi connectivity index (χ4v) is 3.21. The van der Waals surface area contributed by atoms with E-state index in [2.05, 4.69) is 56.5 Å². The van der Waals surface area contributed by atoms with Gasteiger partial charge in [0.25, 0.3) is 0 Å². The Morgan fingerprint density at radius 3 is 2.19 bits per heavy atom. The van der Waals surface area contributed by atoms with Gasteiger partial charge >= 0.3 is 0 Å². The SMILES string of the molecule is COc1ccccc1CCNCC(=O)Nc1c(C(C)C)cccc1C(C)C.